The van der Waals surface area contributed by atoms with Gasteiger partial charge in [0.1, 0.15) is 17.6 Å². The van der Waals surface area contributed by atoms with Crippen LogP contribution in [0.1, 0.15) is 44.5 Å². The Balaban J connectivity index is 1.21. The highest BCUT2D eigenvalue weighted by molar-refractivity contribution is 7.14. The fourth-order valence-electron chi connectivity index (χ4n) is 5.08. The Kier molecular flexibility index (Phi) is 5.78. The molecule has 4 heterocycles. The highest BCUT2D eigenvalue weighted by Crippen LogP contribution is 2.40. The van der Waals surface area contributed by atoms with E-state index in [0.717, 1.165) is 34.0 Å². The zero-order valence-electron chi connectivity index (χ0n) is 21.4. The first-order chi connectivity index (χ1) is 19.6. The van der Waals surface area contributed by atoms with Crippen molar-refractivity contribution in [3.05, 3.63) is 119 Å². The average molecular weight is 547 g/mol. The Morgan fingerprint density at radius 1 is 0.900 bits per heavy atom. The summed E-state index contributed by atoms with van der Waals surface area (Å²) in [5.41, 5.74) is 4.79. The number of hydrogen-bond donors (Lipinski definition) is 0. The van der Waals surface area contributed by atoms with E-state index in [1.807, 2.05) is 65.0 Å². The number of aromatic nitrogens is 1. The third-order valence-electron chi connectivity index (χ3n) is 7.09. The number of imide groups is 1. The molecule has 0 aliphatic carbocycles. The van der Waals surface area contributed by atoms with Crippen LogP contribution < -0.4 is 14.6 Å². The molecule has 0 unspecified atom stereocenters. The molecule has 196 valence electrons. The Morgan fingerprint density at radius 2 is 1.68 bits per heavy atom. The summed E-state index contributed by atoms with van der Waals surface area (Å²) in [4.78, 5) is 32.2. The first-order valence-electron chi connectivity index (χ1n) is 12.7. The molecule has 7 rings (SSSR count). The van der Waals surface area contributed by atoms with E-state index in [0.29, 0.717) is 28.4 Å². The number of carbonyl (C=O) groups excluding carboxylic acids is 2. The molecule has 0 bridgehead atoms. The molecule has 40 heavy (non-hydrogen) atoms. The summed E-state index contributed by atoms with van der Waals surface area (Å²) in [7, 11) is 1.65. The molecule has 5 aromatic rings. The Morgan fingerprint density at radius 3 is 2.38 bits per heavy atom. The summed E-state index contributed by atoms with van der Waals surface area (Å²) in [5, 5.41) is 9.52. The van der Waals surface area contributed by atoms with Crippen molar-refractivity contribution in [3.8, 4) is 17.0 Å². The number of thiazole rings is 1. The van der Waals surface area contributed by atoms with Crippen molar-refractivity contribution in [3.63, 3.8) is 0 Å². The number of benzene rings is 3. The van der Waals surface area contributed by atoms with Crippen molar-refractivity contribution in [1.29, 1.82) is 0 Å². The van der Waals surface area contributed by atoms with E-state index in [1.54, 1.807) is 43.7 Å². The van der Waals surface area contributed by atoms with Crippen LogP contribution in [0.25, 0.3) is 11.3 Å². The predicted molar refractivity (Wildman–Crippen MR) is 153 cm³/mol. The van der Waals surface area contributed by atoms with Crippen molar-refractivity contribution >= 4 is 39.7 Å². The lowest BCUT2D eigenvalue weighted by Gasteiger charge is -2.18. The van der Waals surface area contributed by atoms with Crippen molar-refractivity contribution in [2.24, 2.45) is 5.10 Å². The van der Waals surface area contributed by atoms with Gasteiger partial charge >= 0.3 is 0 Å². The van der Waals surface area contributed by atoms with Gasteiger partial charge in [-0.1, -0.05) is 24.3 Å². The van der Waals surface area contributed by atoms with Gasteiger partial charge in [-0.05, 0) is 66.2 Å². The van der Waals surface area contributed by atoms with E-state index in [2.05, 4.69) is 0 Å². The van der Waals surface area contributed by atoms with Gasteiger partial charge in [0, 0.05) is 17.4 Å². The maximum atomic E-state index is 13.0. The number of rotatable bonds is 6. The van der Waals surface area contributed by atoms with Crippen molar-refractivity contribution in [1.82, 2.24) is 4.98 Å². The number of nitrogens with zero attached hydrogens (tertiary/aromatic N) is 4. The minimum absolute atomic E-state index is 0.143. The molecular formula is C31H22N4O4S. The Labute approximate surface area is 233 Å². The van der Waals surface area contributed by atoms with Crippen LogP contribution in [0.5, 0.6) is 5.75 Å². The van der Waals surface area contributed by atoms with Gasteiger partial charge in [-0.15, -0.1) is 11.3 Å². The molecule has 0 N–H and O–H groups in total. The standard InChI is InChI=1S/C31H22N4O4S/c1-38-22-13-11-19(12-14-22)25-17-27(28-10-5-15-39-28)35(33-25)31-32-26(18-40-31)20-6-4-7-21(16-20)34-29(36)23-8-2-3-9-24(23)30(34)37/h2-16,18,27H,17H2,1H3/t27-/m1/s1. The van der Waals surface area contributed by atoms with Crippen LogP contribution in [-0.2, 0) is 0 Å². The lowest BCUT2D eigenvalue weighted by Crippen LogP contribution is -2.29. The first-order valence-corrected chi connectivity index (χ1v) is 13.6. The fourth-order valence-corrected chi connectivity index (χ4v) is 5.91. The molecule has 2 aliphatic rings. The van der Waals surface area contributed by atoms with Gasteiger partial charge in [-0.25, -0.2) is 14.9 Å². The summed E-state index contributed by atoms with van der Waals surface area (Å²) < 4.78 is 11.1. The second kappa shape index (κ2) is 9.62. The molecule has 2 amide bonds. The third kappa shape index (κ3) is 3.99. The van der Waals surface area contributed by atoms with Crippen LogP contribution in [0.3, 0.4) is 0 Å². The molecule has 0 fully saturated rings. The van der Waals surface area contributed by atoms with E-state index in [9.17, 15) is 9.59 Å². The van der Waals surface area contributed by atoms with E-state index in [4.69, 9.17) is 19.2 Å². The molecule has 9 heteroatoms. The normalized spacial score (nSPS) is 16.4. The van der Waals surface area contributed by atoms with Gasteiger partial charge in [0.05, 0.1) is 41.6 Å². The molecule has 3 aromatic carbocycles. The molecule has 2 aliphatic heterocycles. The van der Waals surface area contributed by atoms with Crippen molar-refractivity contribution in [2.75, 3.05) is 17.0 Å². The van der Waals surface area contributed by atoms with Crippen molar-refractivity contribution in [2.45, 2.75) is 12.5 Å². The number of methoxy groups -OCH3 is 1. The van der Waals surface area contributed by atoms with Crippen LogP contribution in [-0.4, -0.2) is 29.6 Å². The lowest BCUT2D eigenvalue weighted by molar-refractivity contribution is 0.0926. The van der Waals surface area contributed by atoms with E-state index in [1.165, 1.54) is 16.2 Å². The van der Waals surface area contributed by atoms with E-state index in [-0.39, 0.29) is 17.9 Å². The maximum Gasteiger partial charge on any atom is 0.266 e. The van der Waals surface area contributed by atoms with E-state index < -0.39 is 0 Å². The second-order valence-electron chi connectivity index (χ2n) is 9.41. The molecule has 1 atom stereocenters. The van der Waals surface area contributed by atoms with E-state index >= 15 is 0 Å². The average Bonchev–Trinajstić information content (AvgIpc) is 3.80. The van der Waals surface area contributed by atoms with Gasteiger partial charge in [0.15, 0.2) is 0 Å². The van der Waals surface area contributed by atoms with Gasteiger partial charge in [-0.2, -0.15) is 5.10 Å². The molecule has 0 saturated heterocycles. The van der Waals surface area contributed by atoms with Crippen LogP contribution in [0.15, 0.2) is 106 Å². The highest BCUT2D eigenvalue weighted by Gasteiger charge is 2.37. The quantitative estimate of drug-likeness (QED) is 0.224. The number of carbonyl (C=O) groups is 2. The zero-order chi connectivity index (χ0) is 27.2. The first kappa shape index (κ1) is 24.1. The molecular weight excluding hydrogens is 524 g/mol. The zero-order valence-corrected chi connectivity index (χ0v) is 22.2. The van der Waals surface area contributed by atoms with Crippen molar-refractivity contribution < 1.29 is 18.7 Å². The summed E-state index contributed by atoms with van der Waals surface area (Å²) in [5.74, 6) is 0.942. The predicted octanol–water partition coefficient (Wildman–Crippen LogP) is 6.57. The smallest absolute Gasteiger partial charge is 0.266 e. The molecule has 0 spiro atoms. The number of hydrogen-bond acceptors (Lipinski definition) is 8. The van der Waals surface area contributed by atoms with Gasteiger partial charge in [0.25, 0.3) is 11.8 Å². The highest BCUT2D eigenvalue weighted by atomic mass is 32.1. The largest absolute Gasteiger partial charge is 0.497 e. The van der Waals surface area contributed by atoms with Crippen LogP contribution in [0.2, 0.25) is 0 Å². The number of hydrazone groups is 1. The number of anilines is 2. The summed E-state index contributed by atoms with van der Waals surface area (Å²) in [6.07, 6.45) is 2.32. The molecule has 0 saturated carbocycles. The molecule has 0 radical (unpaired) electrons. The summed E-state index contributed by atoms with van der Waals surface area (Å²) >= 11 is 1.47. The second-order valence-corrected chi connectivity index (χ2v) is 10.2. The van der Waals surface area contributed by atoms with Gasteiger partial charge < -0.3 is 9.15 Å². The third-order valence-corrected chi connectivity index (χ3v) is 7.92. The maximum absolute atomic E-state index is 13.0. The number of furan rings is 1. The van der Waals surface area contributed by atoms with Crippen LogP contribution >= 0.6 is 11.3 Å². The number of ether oxygens (including phenoxy) is 1. The topological polar surface area (TPSA) is 88.2 Å². The van der Waals surface area contributed by atoms with Gasteiger partial charge in [0.2, 0.25) is 5.13 Å². The minimum Gasteiger partial charge on any atom is -0.497 e. The number of amides is 2. The summed E-state index contributed by atoms with van der Waals surface area (Å²) in [6, 6.07) is 25.7. The minimum atomic E-state index is -0.324. The Hall–Kier alpha value is -5.02. The molecule has 8 nitrogen and oxygen atoms in total. The van der Waals surface area contributed by atoms with Crippen LogP contribution in [0.4, 0.5) is 10.8 Å². The van der Waals surface area contributed by atoms with Crippen LogP contribution in [0, 0.1) is 0 Å². The summed E-state index contributed by atoms with van der Waals surface area (Å²) in [6.45, 7) is 0. The molecule has 2 aromatic heterocycles. The fraction of sp³-hybridized carbons (Fsp3) is 0.0968. The number of fused-ring (bicyclic) bond motifs is 1. The SMILES string of the molecule is COc1ccc(C2=NN(c3nc(-c4cccc(N5C(=O)c6ccccc6C5=O)c4)cs3)[C@@H](c3ccco3)C2)cc1. The lowest BCUT2D eigenvalue weighted by atomic mass is 10.0. The monoisotopic (exact) mass is 546 g/mol. The Bertz CT molecular complexity index is 1740. The van der Waals surface area contributed by atoms with Gasteiger partial charge in [-0.3, -0.25) is 9.59 Å².